The predicted molar refractivity (Wildman–Crippen MR) is 81.7 cm³/mol. The second kappa shape index (κ2) is 7.56. The Morgan fingerprint density at radius 3 is 2.25 bits per heavy atom. The van der Waals surface area contributed by atoms with Gasteiger partial charge in [0, 0.05) is 17.3 Å². The zero-order chi connectivity index (χ0) is 13.9. The number of halogens is 2. The summed E-state index contributed by atoms with van der Waals surface area (Å²) in [5, 5.41) is 0. The van der Waals surface area contributed by atoms with E-state index in [1.54, 1.807) is 0 Å². The van der Waals surface area contributed by atoms with Crippen molar-refractivity contribution < 1.29 is 36.9 Å². The SMILES string of the molecule is C[N+]1(CCS(=O)(=O)Cc2ccc(Br)cc2)CCCC1.[I-]. The fourth-order valence-corrected chi connectivity index (χ4v) is 4.42. The van der Waals surface area contributed by atoms with Crippen molar-refractivity contribution in [2.75, 3.05) is 32.4 Å². The fourth-order valence-electron chi connectivity index (χ4n) is 2.59. The minimum Gasteiger partial charge on any atom is -1.00 e. The normalized spacial score (nSPS) is 17.7. The average molecular weight is 474 g/mol. The number of benzene rings is 1. The van der Waals surface area contributed by atoms with E-state index >= 15 is 0 Å². The van der Waals surface area contributed by atoms with E-state index in [4.69, 9.17) is 0 Å². The molecule has 0 aliphatic carbocycles. The minimum atomic E-state index is -3.00. The second-order valence-corrected chi connectivity index (χ2v) is 8.82. The minimum absolute atomic E-state index is 0. The first kappa shape index (κ1) is 18.4. The highest BCUT2D eigenvalue weighted by Gasteiger charge is 2.28. The van der Waals surface area contributed by atoms with Crippen molar-refractivity contribution in [3.05, 3.63) is 34.3 Å². The van der Waals surface area contributed by atoms with Gasteiger partial charge < -0.3 is 28.5 Å². The van der Waals surface area contributed by atoms with E-state index in [0.29, 0.717) is 5.75 Å². The molecule has 114 valence electrons. The molecule has 20 heavy (non-hydrogen) atoms. The fraction of sp³-hybridized carbons (Fsp3) is 0.571. The average Bonchev–Trinajstić information content (AvgIpc) is 2.78. The first-order valence-corrected chi connectivity index (χ1v) is 9.28. The Balaban J connectivity index is 0.00000200. The van der Waals surface area contributed by atoms with Crippen LogP contribution in [0.4, 0.5) is 0 Å². The van der Waals surface area contributed by atoms with Gasteiger partial charge in [0.1, 0.15) is 0 Å². The number of hydrogen-bond acceptors (Lipinski definition) is 2. The van der Waals surface area contributed by atoms with Crippen molar-refractivity contribution in [3.63, 3.8) is 0 Å². The van der Waals surface area contributed by atoms with Crippen LogP contribution < -0.4 is 24.0 Å². The van der Waals surface area contributed by atoms with Crippen LogP contribution >= 0.6 is 15.9 Å². The van der Waals surface area contributed by atoms with Crippen molar-refractivity contribution in [1.82, 2.24) is 0 Å². The number of rotatable bonds is 5. The first-order chi connectivity index (χ1) is 8.89. The first-order valence-electron chi connectivity index (χ1n) is 6.67. The van der Waals surface area contributed by atoms with E-state index in [-0.39, 0.29) is 29.7 Å². The molecular formula is C14H21BrINO2S. The third-order valence-electron chi connectivity index (χ3n) is 3.89. The number of nitrogens with zero attached hydrogens (tertiary/aromatic N) is 1. The van der Waals surface area contributed by atoms with Gasteiger partial charge in [0.2, 0.25) is 0 Å². The molecule has 1 saturated heterocycles. The lowest BCUT2D eigenvalue weighted by atomic mass is 10.2. The summed E-state index contributed by atoms with van der Waals surface area (Å²) in [5.41, 5.74) is 0.868. The van der Waals surface area contributed by atoms with Crippen LogP contribution in [0.3, 0.4) is 0 Å². The Labute approximate surface area is 147 Å². The van der Waals surface area contributed by atoms with E-state index in [1.807, 2.05) is 24.3 Å². The van der Waals surface area contributed by atoms with E-state index in [1.165, 1.54) is 12.8 Å². The molecule has 1 fully saturated rings. The van der Waals surface area contributed by atoms with Crippen LogP contribution in [0.25, 0.3) is 0 Å². The molecule has 0 radical (unpaired) electrons. The number of likely N-dealkylation sites (tertiary alicyclic amines) is 1. The summed E-state index contributed by atoms with van der Waals surface area (Å²) in [5.74, 6) is 0.444. The lowest BCUT2D eigenvalue weighted by Crippen LogP contribution is -3.00. The monoisotopic (exact) mass is 473 g/mol. The van der Waals surface area contributed by atoms with Crippen LogP contribution in [0.5, 0.6) is 0 Å². The maximum absolute atomic E-state index is 12.2. The Kier molecular flexibility index (Phi) is 6.95. The van der Waals surface area contributed by atoms with Crippen LogP contribution in [0.2, 0.25) is 0 Å². The van der Waals surface area contributed by atoms with Crippen LogP contribution in [-0.4, -0.2) is 45.3 Å². The van der Waals surface area contributed by atoms with Gasteiger partial charge in [-0.15, -0.1) is 0 Å². The summed E-state index contributed by atoms with van der Waals surface area (Å²) in [7, 11) is -0.835. The Bertz CT molecular complexity index is 525. The maximum atomic E-state index is 12.2. The van der Waals surface area contributed by atoms with Gasteiger partial charge in [-0.1, -0.05) is 28.1 Å². The Morgan fingerprint density at radius 2 is 1.70 bits per heavy atom. The van der Waals surface area contributed by atoms with Gasteiger partial charge in [-0.2, -0.15) is 0 Å². The molecule has 0 amide bonds. The second-order valence-electron chi connectivity index (χ2n) is 5.72. The summed E-state index contributed by atoms with van der Waals surface area (Å²) in [6.45, 7) is 2.99. The third-order valence-corrected chi connectivity index (χ3v) is 5.99. The van der Waals surface area contributed by atoms with Crippen LogP contribution in [0.1, 0.15) is 18.4 Å². The lowest BCUT2D eigenvalue weighted by molar-refractivity contribution is -0.895. The largest absolute Gasteiger partial charge is 1.00 e. The Hall–Kier alpha value is 0.340. The highest BCUT2D eigenvalue weighted by atomic mass is 127. The van der Waals surface area contributed by atoms with Crippen molar-refractivity contribution >= 4 is 25.8 Å². The molecule has 0 bridgehead atoms. The van der Waals surface area contributed by atoms with Gasteiger partial charge in [0.05, 0.1) is 38.2 Å². The Morgan fingerprint density at radius 1 is 1.15 bits per heavy atom. The van der Waals surface area contributed by atoms with E-state index in [2.05, 4.69) is 23.0 Å². The zero-order valence-electron chi connectivity index (χ0n) is 11.7. The van der Waals surface area contributed by atoms with Gasteiger partial charge in [0.15, 0.2) is 9.84 Å². The lowest BCUT2D eigenvalue weighted by Gasteiger charge is -2.28. The molecule has 2 rings (SSSR count). The molecule has 0 aromatic heterocycles. The molecule has 1 aliphatic heterocycles. The summed E-state index contributed by atoms with van der Waals surface area (Å²) in [6, 6.07) is 7.51. The molecule has 1 aliphatic rings. The summed E-state index contributed by atoms with van der Waals surface area (Å²) in [4.78, 5) is 0. The molecule has 6 heteroatoms. The molecule has 1 aromatic carbocycles. The molecule has 1 heterocycles. The highest BCUT2D eigenvalue weighted by Crippen LogP contribution is 2.17. The molecule has 0 N–H and O–H groups in total. The molecular weight excluding hydrogens is 453 g/mol. The number of quaternary nitrogens is 1. The summed E-state index contributed by atoms with van der Waals surface area (Å²) >= 11 is 3.36. The molecule has 3 nitrogen and oxygen atoms in total. The predicted octanol–water partition coefficient (Wildman–Crippen LogP) is -0.392. The van der Waals surface area contributed by atoms with Gasteiger partial charge in [-0.3, -0.25) is 0 Å². The van der Waals surface area contributed by atoms with Gasteiger partial charge in [0.25, 0.3) is 0 Å². The van der Waals surface area contributed by atoms with E-state index in [9.17, 15) is 8.42 Å². The highest BCUT2D eigenvalue weighted by molar-refractivity contribution is 9.10. The van der Waals surface area contributed by atoms with E-state index in [0.717, 1.165) is 34.2 Å². The van der Waals surface area contributed by atoms with Crippen molar-refractivity contribution in [3.8, 4) is 0 Å². The van der Waals surface area contributed by atoms with Crippen molar-refractivity contribution in [2.45, 2.75) is 18.6 Å². The summed E-state index contributed by atoms with van der Waals surface area (Å²) in [6.07, 6.45) is 2.45. The van der Waals surface area contributed by atoms with Gasteiger partial charge in [-0.25, -0.2) is 8.42 Å². The van der Waals surface area contributed by atoms with Gasteiger partial charge in [-0.05, 0) is 17.7 Å². The van der Waals surface area contributed by atoms with Crippen LogP contribution in [0.15, 0.2) is 28.7 Å². The van der Waals surface area contributed by atoms with Crippen molar-refractivity contribution in [1.29, 1.82) is 0 Å². The zero-order valence-corrected chi connectivity index (χ0v) is 16.2. The van der Waals surface area contributed by atoms with Crippen LogP contribution in [-0.2, 0) is 15.6 Å². The van der Waals surface area contributed by atoms with Gasteiger partial charge >= 0.3 is 0 Å². The third kappa shape index (κ3) is 5.61. The molecule has 1 aromatic rings. The quantitative estimate of drug-likeness (QED) is 0.431. The molecule has 0 unspecified atom stereocenters. The number of hydrogen-bond donors (Lipinski definition) is 0. The molecule has 0 saturated carbocycles. The molecule has 0 atom stereocenters. The van der Waals surface area contributed by atoms with Crippen LogP contribution in [0, 0.1) is 0 Å². The summed E-state index contributed by atoms with van der Waals surface area (Å²) < 4.78 is 26.2. The number of sulfone groups is 1. The smallest absolute Gasteiger partial charge is 0.159 e. The topological polar surface area (TPSA) is 34.1 Å². The molecule has 0 spiro atoms. The maximum Gasteiger partial charge on any atom is 0.159 e. The van der Waals surface area contributed by atoms with E-state index < -0.39 is 9.84 Å². The van der Waals surface area contributed by atoms with Crippen molar-refractivity contribution in [2.24, 2.45) is 0 Å². The standard InChI is InChI=1S/C14H21BrNO2S.HI/c1-16(8-2-3-9-16)10-11-19(17,18)12-13-4-6-14(15)7-5-13;/h4-7H,2-3,8-12H2,1H3;1H/q+1;/p-1.